The molecule has 0 bridgehead atoms. The maximum Gasteiger partial charge on any atom is 0.0116 e. The molecule has 2 unspecified atom stereocenters. The van der Waals surface area contributed by atoms with Gasteiger partial charge in [0.25, 0.3) is 0 Å². The standard InChI is InChI=1S/C16H35N/c1-6-8-9-10-11-12-15(5)16(14(3)4)17-13-7-2/h14-17H,6-13H2,1-5H3. The lowest BCUT2D eigenvalue weighted by Gasteiger charge is -2.28. The van der Waals surface area contributed by atoms with E-state index in [9.17, 15) is 0 Å². The van der Waals surface area contributed by atoms with Gasteiger partial charge in [-0.25, -0.2) is 0 Å². The number of rotatable bonds is 11. The molecular weight excluding hydrogens is 206 g/mol. The van der Waals surface area contributed by atoms with Crippen molar-refractivity contribution in [3.8, 4) is 0 Å². The smallest absolute Gasteiger partial charge is 0.0116 e. The van der Waals surface area contributed by atoms with Crippen molar-refractivity contribution in [3.05, 3.63) is 0 Å². The van der Waals surface area contributed by atoms with Crippen LogP contribution in [0.2, 0.25) is 0 Å². The summed E-state index contributed by atoms with van der Waals surface area (Å²) in [6, 6.07) is 0.709. The predicted molar refractivity (Wildman–Crippen MR) is 79.5 cm³/mol. The van der Waals surface area contributed by atoms with Crippen LogP contribution in [0.15, 0.2) is 0 Å². The largest absolute Gasteiger partial charge is 0.313 e. The molecule has 104 valence electrons. The normalized spacial score (nSPS) is 15.2. The van der Waals surface area contributed by atoms with Crippen LogP contribution in [-0.2, 0) is 0 Å². The van der Waals surface area contributed by atoms with Gasteiger partial charge < -0.3 is 5.32 Å². The summed E-state index contributed by atoms with van der Waals surface area (Å²) >= 11 is 0. The maximum atomic E-state index is 3.72. The van der Waals surface area contributed by atoms with E-state index in [0.717, 1.165) is 11.8 Å². The molecular formula is C16H35N. The topological polar surface area (TPSA) is 12.0 Å². The zero-order valence-electron chi connectivity index (χ0n) is 12.9. The average Bonchev–Trinajstić information content (AvgIpc) is 2.29. The molecule has 2 atom stereocenters. The van der Waals surface area contributed by atoms with E-state index < -0.39 is 0 Å². The van der Waals surface area contributed by atoms with Crippen LogP contribution in [0.3, 0.4) is 0 Å². The van der Waals surface area contributed by atoms with Gasteiger partial charge in [-0.05, 0) is 31.2 Å². The second-order valence-corrected chi connectivity index (χ2v) is 5.90. The van der Waals surface area contributed by atoms with Gasteiger partial charge >= 0.3 is 0 Å². The van der Waals surface area contributed by atoms with E-state index in [-0.39, 0.29) is 0 Å². The van der Waals surface area contributed by atoms with Gasteiger partial charge in [0.1, 0.15) is 0 Å². The van der Waals surface area contributed by atoms with Crippen LogP contribution in [0.1, 0.15) is 79.6 Å². The van der Waals surface area contributed by atoms with Crippen LogP contribution in [0.5, 0.6) is 0 Å². The Labute approximate surface area is 110 Å². The van der Waals surface area contributed by atoms with Crippen molar-refractivity contribution >= 4 is 0 Å². The highest BCUT2D eigenvalue weighted by molar-refractivity contribution is 4.76. The van der Waals surface area contributed by atoms with E-state index in [0.29, 0.717) is 6.04 Å². The highest BCUT2D eigenvalue weighted by atomic mass is 14.9. The number of hydrogen-bond donors (Lipinski definition) is 1. The molecule has 0 fully saturated rings. The van der Waals surface area contributed by atoms with Crippen molar-refractivity contribution in [2.75, 3.05) is 6.54 Å². The molecule has 1 heteroatoms. The molecule has 0 aromatic carbocycles. The number of nitrogens with one attached hydrogen (secondary N) is 1. The van der Waals surface area contributed by atoms with Crippen LogP contribution < -0.4 is 5.32 Å². The van der Waals surface area contributed by atoms with Gasteiger partial charge in [-0.15, -0.1) is 0 Å². The van der Waals surface area contributed by atoms with Crippen molar-refractivity contribution in [2.45, 2.75) is 85.6 Å². The Morgan fingerprint density at radius 1 is 0.824 bits per heavy atom. The first-order valence-electron chi connectivity index (χ1n) is 7.86. The minimum atomic E-state index is 0.709. The Morgan fingerprint density at radius 2 is 1.47 bits per heavy atom. The van der Waals surface area contributed by atoms with Gasteiger partial charge in [0.2, 0.25) is 0 Å². The van der Waals surface area contributed by atoms with Crippen molar-refractivity contribution in [1.82, 2.24) is 5.32 Å². The van der Waals surface area contributed by atoms with Crippen LogP contribution in [0.4, 0.5) is 0 Å². The lowest BCUT2D eigenvalue weighted by molar-refractivity contribution is 0.280. The molecule has 1 nitrogen and oxygen atoms in total. The van der Waals surface area contributed by atoms with E-state index in [4.69, 9.17) is 0 Å². The van der Waals surface area contributed by atoms with Crippen LogP contribution in [0, 0.1) is 11.8 Å². The lowest BCUT2D eigenvalue weighted by atomic mass is 9.87. The van der Waals surface area contributed by atoms with E-state index in [1.54, 1.807) is 0 Å². The first kappa shape index (κ1) is 17.0. The molecule has 0 radical (unpaired) electrons. The molecule has 0 aliphatic rings. The third-order valence-corrected chi connectivity index (χ3v) is 3.72. The Morgan fingerprint density at radius 3 is 2.00 bits per heavy atom. The molecule has 0 aromatic heterocycles. The summed E-state index contributed by atoms with van der Waals surface area (Å²) in [6.07, 6.45) is 9.67. The molecule has 0 aliphatic carbocycles. The summed E-state index contributed by atoms with van der Waals surface area (Å²) in [7, 11) is 0. The average molecular weight is 241 g/mol. The molecule has 17 heavy (non-hydrogen) atoms. The van der Waals surface area contributed by atoms with Crippen LogP contribution in [0.25, 0.3) is 0 Å². The molecule has 0 saturated heterocycles. The second kappa shape index (κ2) is 11.1. The van der Waals surface area contributed by atoms with Gasteiger partial charge in [-0.1, -0.05) is 66.7 Å². The number of unbranched alkanes of at least 4 members (excludes halogenated alkanes) is 4. The van der Waals surface area contributed by atoms with E-state index in [2.05, 4.69) is 39.9 Å². The molecule has 1 N–H and O–H groups in total. The third-order valence-electron chi connectivity index (χ3n) is 3.72. The lowest BCUT2D eigenvalue weighted by Crippen LogP contribution is -2.39. The fourth-order valence-corrected chi connectivity index (χ4v) is 2.65. The fraction of sp³-hybridized carbons (Fsp3) is 1.00. The zero-order valence-corrected chi connectivity index (χ0v) is 12.9. The van der Waals surface area contributed by atoms with Gasteiger partial charge in [-0.2, -0.15) is 0 Å². The zero-order chi connectivity index (χ0) is 13.1. The minimum Gasteiger partial charge on any atom is -0.313 e. The van der Waals surface area contributed by atoms with Crippen LogP contribution in [-0.4, -0.2) is 12.6 Å². The van der Waals surface area contributed by atoms with Gasteiger partial charge in [0, 0.05) is 6.04 Å². The van der Waals surface area contributed by atoms with Gasteiger partial charge in [0.15, 0.2) is 0 Å². The minimum absolute atomic E-state index is 0.709. The van der Waals surface area contributed by atoms with E-state index in [1.807, 2.05) is 0 Å². The number of hydrogen-bond acceptors (Lipinski definition) is 1. The monoisotopic (exact) mass is 241 g/mol. The Bertz CT molecular complexity index is 154. The van der Waals surface area contributed by atoms with Gasteiger partial charge in [0.05, 0.1) is 0 Å². The Balaban J connectivity index is 3.76. The molecule has 0 heterocycles. The summed E-state index contributed by atoms with van der Waals surface area (Å²) < 4.78 is 0. The molecule has 0 amide bonds. The van der Waals surface area contributed by atoms with Crippen LogP contribution >= 0.6 is 0 Å². The van der Waals surface area contributed by atoms with Crippen molar-refractivity contribution in [3.63, 3.8) is 0 Å². The second-order valence-electron chi connectivity index (χ2n) is 5.90. The first-order chi connectivity index (χ1) is 8.13. The fourth-order valence-electron chi connectivity index (χ4n) is 2.65. The summed E-state index contributed by atoms with van der Waals surface area (Å²) in [5, 5.41) is 3.72. The predicted octanol–water partition coefficient (Wildman–Crippen LogP) is 5.01. The summed E-state index contributed by atoms with van der Waals surface area (Å²) in [4.78, 5) is 0. The van der Waals surface area contributed by atoms with Gasteiger partial charge in [-0.3, -0.25) is 0 Å². The summed E-state index contributed by atoms with van der Waals surface area (Å²) in [6.45, 7) is 12.8. The molecule has 0 rings (SSSR count). The quantitative estimate of drug-likeness (QED) is 0.502. The Kier molecular flexibility index (Phi) is 11.0. The first-order valence-corrected chi connectivity index (χ1v) is 7.86. The van der Waals surface area contributed by atoms with Crippen molar-refractivity contribution in [1.29, 1.82) is 0 Å². The van der Waals surface area contributed by atoms with E-state index in [1.165, 1.54) is 51.5 Å². The molecule has 0 aliphatic heterocycles. The van der Waals surface area contributed by atoms with Crippen molar-refractivity contribution in [2.24, 2.45) is 11.8 Å². The van der Waals surface area contributed by atoms with E-state index >= 15 is 0 Å². The molecule has 0 aromatic rings. The summed E-state index contributed by atoms with van der Waals surface area (Å²) in [5.74, 6) is 1.58. The highest BCUT2D eigenvalue weighted by Crippen LogP contribution is 2.19. The molecule has 0 spiro atoms. The highest BCUT2D eigenvalue weighted by Gasteiger charge is 2.19. The maximum absolute atomic E-state index is 3.72. The van der Waals surface area contributed by atoms with Crippen molar-refractivity contribution < 1.29 is 0 Å². The molecule has 0 saturated carbocycles. The Hall–Kier alpha value is -0.0400. The SMILES string of the molecule is CCCCCCCC(C)C(NCCC)C(C)C. The summed E-state index contributed by atoms with van der Waals surface area (Å²) in [5.41, 5.74) is 0. The third kappa shape index (κ3) is 8.65.